The number of ether oxygens (including phenoxy) is 2. The number of carbonyl (C=O) groups excluding carboxylic acids is 1. The topological polar surface area (TPSA) is 75.2 Å². The minimum Gasteiger partial charge on any atom is -0.490 e. The minimum absolute atomic E-state index is 0.0416. The summed E-state index contributed by atoms with van der Waals surface area (Å²) >= 11 is 1.68. The molecule has 2 rings (SSSR count). The van der Waals surface area contributed by atoms with Crippen LogP contribution in [0.4, 0.5) is 0 Å². The molecule has 8 heteroatoms. The highest BCUT2D eigenvalue weighted by Crippen LogP contribution is 2.28. The lowest BCUT2D eigenvalue weighted by Crippen LogP contribution is -2.39. The predicted octanol–water partition coefficient (Wildman–Crippen LogP) is 2.91. The van der Waals surface area contributed by atoms with Crippen molar-refractivity contribution in [3.8, 4) is 11.5 Å². The van der Waals surface area contributed by atoms with Gasteiger partial charge in [-0.2, -0.15) is 0 Å². The molecular weight excluding hydrogens is 400 g/mol. The van der Waals surface area contributed by atoms with Gasteiger partial charge in [-0.3, -0.25) is 4.79 Å². The lowest BCUT2D eigenvalue weighted by atomic mass is 10.1. The van der Waals surface area contributed by atoms with Gasteiger partial charge in [-0.1, -0.05) is 12.1 Å². The zero-order chi connectivity index (χ0) is 21.8. The Bertz CT molecular complexity index is 807. The molecule has 7 nitrogen and oxygen atoms in total. The number of likely N-dealkylation sites (N-methyl/N-ethyl adjacent to an activating group) is 1. The molecule has 0 spiro atoms. The van der Waals surface area contributed by atoms with Gasteiger partial charge < -0.3 is 25.0 Å². The third kappa shape index (κ3) is 7.94. The summed E-state index contributed by atoms with van der Waals surface area (Å²) in [6.45, 7) is 6.54. The molecule has 164 valence electrons. The fraction of sp³-hybridized carbons (Fsp3) is 0.455. The molecule has 0 saturated heterocycles. The van der Waals surface area contributed by atoms with Crippen LogP contribution in [0.15, 0.2) is 40.7 Å². The number of thiophene rings is 1. The molecule has 0 saturated carbocycles. The Labute approximate surface area is 183 Å². The quantitative estimate of drug-likeness (QED) is 0.422. The summed E-state index contributed by atoms with van der Waals surface area (Å²) in [4.78, 5) is 19.1. The van der Waals surface area contributed by atoms with E-state index in [0.717, 1.165) is 23.5 Å². The second-order valence-corrected chi connectivity index (χ2v) is 7.74. The van der Waals surface area contributed by atoms with Crippen LogP contribution in [0, 0.1) is 0 Å². The number of hydrogen-bond donors (Lipinski definition) is 2. The Kier molecular flexibility index (Phi) is 10.00. The molecule has 0 aliphatic rings. The molecule has 0 atom stereocenters. The molecule has 0 aliphatic carbocycles. The second-order valence-electron chi connectivity index (χ2n) is 6.71. The van der Waals surface area contributed by atoms with Gasteiger partial charge >= 0.3 is 0 Å². The number of hydrogen-bond acceptors (Lipinski definition) is 5. The number of amides is 1. The maximum absolute atomic E-state index is 11.9. The molecule has 2 N–H and O–H groups in total. The Hall–Kier alpha value is -2.74. The van der Waals surface area contributed by atoms with E-state index in [-0.39, 0.29) is 12.5 Å². The monoisotopic (exact) mass is 432 g/mol. The van der Waals surface area contributed by atoms with Crippen LogP contribution in [0.2, 0.25) is 0 Å². The van der Waals surface area contributed by atoms with Crippen LogP contribution in [0.25, 0.3) is 0 Å². The first-order valence-electron chi connectivity index (χ1n) is 10.2. The van der Waals surface area contributed by atoms with Gasteiger partial charge in [0.1, 0.15) is 6.54 Å². The first-order chi connectivity index (χ1) is 14.5. The summed E-state index contributed by atoms with van der Waals surface area (Å²) < 4.78 is 11.3. The summed E-state index contributed by atoms with van der Waals surface area (Å²) in [6.07, 6.45) is 0.786. The van der Waals surface area contributed by atoms with E-state index in [1.54, 1.807) is 25.4 Å². The van der Waals surface area contributed by atoms with Gasteiger partial charge in [0.25, 0.3) is 0 Å². The fourth-order valence-electron chi connectivity index (χ4n) is 2.62. The van der Waals surface area contributed by atoms with Gasteiger partial charge in [0, 0.05) is 25.5 Å². The van der Waals surface area contributed by atoms with Crippen molar-refractivity contribution in [3.05, 3.63) is 46.2 Å². The highest BCUT2D eigenvalue weighted by Gasteiger charge is 2.08. The molecule has 1 heterocycles. The zero-order valence-electron chi connectivity index (χ0n) is 18.2. The first-order valence-corrected chi connectivity index (χ1v) is 11.0. The number of aliphatic imine (C=N–C) groups is 1. The van der Waals surface area contributed by atoms with Crippen LogP contribution < -0.4 is 20.1 Å². The Morgan fingerprint density at radius 2 is 1.87 bits per heavy atom. The van der Waals surface area contributed by atoms with E-state index in [2.05, 4.69) is 21.7 Å². The van der Waals surface area contributed by atoms with Gasteiger partial charge in [0.2, 0.25) is 5.91 Å². The van der Waals surface area contributed by atoms with Crippen LogP contribution >= 0.6 is 11.3 Å². The molecule has 30 heavy (non-hydrogen) atoms. The minimum atomic E-state index is -0.0416. The summed E-state index contributed by atoms with van der Waals surface area (Å²) in [5, 5.41) is 8.65. The third-order valence-electron chi connectivity index (χ3n) is 4.20. The highest BCUT2D eigenvalue weighted by atomic mass is 32.1. The van der Waals surface area contributed by atoms with Crippen LogP contribution in [0.3, 0.4) is 0 Å². The number of carbonyl (C=O) groups is 1. The van der Waals surface area contributed by atoms with Crippen LogP contribution in [0.5, 0.6) is 11.5 Å². The summed E-state index contributed by atoms with van der Waals surface area (Å²) in [5.74, 6) is 2.10. The van der Waals surface area contributed by atoms with Crippen LogP contribution in [0.1, 0.15) is 24.3 Å². The van der Waals surface area contributed by atoms with Crippen molar-refractivity contribution in [1.29, 1.82) is 0 Å². The van der Waals surface area contributed by atoms with E-state index in [4.69, 9.17) is 9.47 Å². The number of nitrogens with zero attached hydrogens (tertiary/aromatic N) is 2. The Morgan fingerprint density at radius 1 is 1.10 bits per heavy atom. The van der Waals surface area contributed by atoms with Gasteiger partial charge in [-0.25, -0.2) is 4.99 Å². The Morgan fingerprint density at radius 3 is 2.53 bits per heavy atom. The number of guanidine groups is 1. The highest BCUT2D eigenvalue weighted by molar-refractivity contribution is 7.09. The molecule has 0 bridgehead atoms. The van der Waals surface area contributed by atoms with Crippen molar-refractivity contribution < 1.29 is 14.3 Å². The van der Waals surface area contributed by atoms with Crippen molar-refractivity contribution in [1.82, 2.24) is 15.5 Å². The third-order valence-corrected chi connectivity index (χ3v) is 5.07. The van der Waals surface area contributed by atoms with Crippen LogP contribution in [-0.2, 0) is 17.8 Å². The van der Waals surface area contributed by atoms with Gasteiger partial charge in [-0.15, -0.1) is 11.3 Å². The van der Waals surface area contributed by atoms with E-state index < -0.39 is 0 Å². The average Bonchev–Trinajstić information content (AvgIpc) is 3.25. The normalized spacial score (nSPS) is 11.1. The SMILES string of the molecule is CCOc1ccc(CCNC(=NCC(=O)N(C)C)NCc2cccs2)cc1OCC. The molecule has 1 amide bonds. The van der Waals surface area contributed by atoms with E-state index in [1.165, 1.54) is 9.78 Å². The lowest BCUT2D eigenvalue weighted by Gasteiger charge is -2.15. The van der Waals surface area contributed by atoms with E-state index in [9.17, 15) is 4.79 Å². The maximum atomic E-state index is 11.9. The maximum Gasteiger partial charge on any atom is 0.243 e. The van der Waals surface area contributed by atoms with E-state index >= 15 is 0 Å². The zero-order valence-corrected chi connectivity index (χ0v) is 19.1. The Balaban J connectivity index is 1.97. The van der Waals surface area contributed by atoms with Crippen molar-refractivity contribution >= 4 is 23.2 Å². The molecule has 1 aromatic heterocycles. The van der Waals surface area contributed by atoms with Crippen molar-refractivity contribution in [3.63, 3.8) is 0 Å². The van der Waals surface area contributed by atoms with E-state index in [1.807, 2.05) is 43.5 Å². The van der Waals surface area contributed by atoms with Crippen molar-refractivity contribution in [2.75, 3.05) is 40.4 Å². The largest absolute Gasteiger partial charge is 0.490 e. The molecule has 0 radical (unpaired) electrons. The number of rotatable bonds is 11. The molecule has 1 aromatic carbocycles. The predicted molar refractivity (Wildman–Crippen MR) is 123 cm³/mol. The summed E-state index contributed by atoms with van der Waals surface area (Å²) in [7, 11) is 3.46. The molecule has 0 fully saturated rings. The van der Waals surface area contributed by atoms with Gasteiger partial charge in [0.15, 0.2) is 17.5 Å². The number of benzene rings is 1. The number of nitrogens with one attached hydrogen (secondary N) is 2. The second kappa shape index (κ2) is 12.7. The van der Waals surface area contributed by atoms with Crippen LogP contribution in [-0.4, -0.2) is 57.2 Å². The summed E-state index contributed by atoms with van der Waals surface area (Å²) in [5.41, 5.74) is 1.14. The van der Waals surface area contributed by atoms with Crippen molar-refractivity contribution in [2.24, 2.45) is 4.99 Å². The van der Waals surface area contributed by atoms with Gasteiger partial charge in [-0.05, 0) is 49.4 Å². The fourth-order valence-corrected chi connectivity index (χ4v) is 3.27. The van der Waals surface area contributed by atoms with Gasteiger partial charge in [0.05, 0.1) is 19.8 Å². The summed E-state index contributed by atoms with van der Waals surface area (Å²) in [6, 6.07) is 10.1. The van der Waals surface area contributed by atoms with Crippen molar-refractivity contribution in [2.45, 2.75) is 26.8 Å². The average molecular weight is 433 g/mol. The molecule has 2 aromatic rings. The lowest BCUT2D eigenvalue weighted by molar-refractivity contribution is -0.127. The molecule has 0 aliphatic heterocycles. The molecular formula is C22H32N4O3S. The first kappa shape index (κ1) is 23.5. The van der Waals surface area contributed by atoms with E-state index in [0.29, 0.717) is 32.3 Å². The standard InChI is InChI=1S/C22H32N4O3S/c1-5-28-19-10-9-17(14-20(19)29-6-2)11-12-23-22(25-16-21(27)26(3)4)24-15-18-8-7-13-30-18/h7-10,13-14H,5-6,11-12,15-16H2,1-4H3,(H2,23,24,25). The molecule has 0 unspecified atom stereocenters. The smallest absolute Gasteiger partial charge is 0.243 e.